The first-order chi connectivity index (χ1) is 17.3. The summed E-state index contributed by atoms with van der Waals surface area (Å²) < 4.78 is 81.7. The molecule has 1 amide bonds. The molecule has 0 spiro atoms. The number of pyridine rings is 1. The molecule has 12 heteroatoms. The smallest absolute Gasteiger partial charge is 0.418 e. The molecule has 6 nitrogen and oxygen atoms in total. The van der Waals surface area contributed by atoms with Crippen LogP contribution >= 0.6 is 0 Å². The molecule has 1 fully saturated rings. The van der Waals surface area contributed by atoms with Crippen LogP contribution in [0.4, 0.5) is 32.0 Å². The van der Waals surface area contributed by atoms with Crippen LogP contribution in [0.3, 0.4) is 0 Å². The number of carbonyl (C=O) groups excluding carboxylic acids is 1. The first-order valence-corrected chi connectivity index (χ1v) is 11.2. The summed E-state index contributed by atoms with van der Waals surface area (Å²) in [5.74, 6) is -3.32. The summed E-state index contributed by atoms with van der Waals surface area (Å²) in [6.45, 7) is 0. The average Bonchev–Trinajstić information content (AvgIpc) is 3.27. The van der Waals surface area contributed by atoms with Gasteiger partial charge in [-0.2, -0.15) is 26.3 Å². The lowest BCUT2D eigenvalue weighted by Gasteiger charge is -2.19. The molecule has 0 aliphatic heterocycles. The van der Waals surface area contributed by atoms with E-state index in [9.17, 15) is 45.8 Å². The predicted molar refractivity (Wildman–Crippen MR) is 121 cm³/mol. The molecule has 1 saturated carbocycles. The van der Waals surface area contributed by atoms with Crippen LogP contribution in [0.1, 0.15) is 46.3 Å². The molecule has 0 radical (unpaired) electrons. The van der Waals surface area contributed by atoms with Crippen LogP contribution in [0.2, 0.25) is 0 Å². The lowest BCUT2D eigenvalue weighted by atomic mass is 9.89. The van der Waals surface area contributed by atoms with Gasteiger partial charge in [-0.25, -0.2) is 0 Å². The molecule has 2 aromatic carbocycles. The zero-order valence-electron chi connectivity index (χ0n) is 19.0. The third-order valence-electron chi connectivity index (χ3n) is 6.57. The fraction of sp³-hybridized carbons (Fsp3) is 0.320. The Morgan fingerprint density at radius 3 is 2.35 bits per heavy atom. The van der Waals surface area contributed by atoms with E-state index in [0.717, 1.165) is 24.4 Å². The summed E-state index contributed by atoms with van der Waals surface area (Å²) in [5, 5.41) is 10.5. The van der Waals surface area contributed by atoms with Crippen LogP contribution in [0.25, 0.3) is 10.9 Å². The van der Waals surface area contributed by atoms with E-state index in [0.29, 0.717) is 25.3 Å². The molecule has 2 atom stereocenters. The van der Waals surface area contributed by atoms with Crippen molar-refractivity contribution < 1.29 is 41.0 Å². The second-order valence-electron chi connectivity index (χ2n) is 8.93. The Balaban J connectivity index is 1.68. The quantitative estimate of drug-likeness (QED) is 0.363. The number of H-pyrrole nitrogens is 1. The maximum Gasteiger partial charge on any atom is 0.418 e. The molecule has 3 N–H and O–H groups in total. The molecule has 196 valence electrons. The number of amides is 1. The minimum atomic E-state index is -4.92. The highest BCUT2D eigenvalue weighted by Gasteiger charge is 2.37. The molecular formula is C25H20F6N2O4. The number of alkyl halides is 6. The zero-order chi connectivity index (χ0) is 27.1. The van der Waals surface area contributed by atoms with E-state index in [-0.39, 0.29) is 23.4 Å². The van der Waals surface area contributed by atoms with Gasteiger partial charge in [0.05, 0.1) is 28.1 Å². The van der Waals surface area contributed by atoms with Crippen molar-refractivity contribution in [2.24, 2.45) is 11.8 Å². The van der Waals surface area contributed by atoms with Crippen LogP contribution in [-0.2, 0) is 23.6 Å². The molecule has 1 aliphatic rings. The third kappa shape index (κ3) is 5.32. The summed E-state index contributed by atoms with van der Waals surface area (Å²) in [6, 6.07) is 6.04. The monoisotopic (exact) mass is 526 g/mol. The molecule has 1 aliphatic carbocycles. The summed E-state index contributed by atoms with van der Waals surface area (Å²) in [7, 11) is 0. The average molecular weight is 526 g/mol. The van der Waals surface area contributed by atoms with Crippen LogP contribution in [0, 0.1) is 11.8 Å². The third-order valence-corrected chi connectivity index (χ3v) is 6.57. The number of halogens is 6. The topological polar surface area (TPSA) is 99.3 Å². The Kier molecular flexibility index (Phi) is 6.78. The van der Waals surface area contributed by atoms with E-state index in [1.807, 2.05) is 5.32 Å². The Hall–Kier alpha value is -3.83. The van der Waals surface area contributed by atoms with Gasteiger partial charge in [0.25, 0.3) is 5.91 Å². The number of carbonyl (C=O) groups is 2. The molecule has 2 unspecified atom stereocenters. The number of hydrogen-bond acceptors (Lipinski definition) is 3. The first kappa shape index (κ1) is 26.2. The molecule has 0 bridgehead atoms. The van der Waals surface area contributed by atoms with Crippen molar-refractivity contribution >= 4 is 28.5 Å². The lowest BCUT2D eigenvalue weighted by Crippen LogP contribution is -2.25. The van der Waals surface area contributed by atoms with E-state index in [1.165, 1.54) is 12.1 Å². The fourth-order valence-corrected chi connectivity index (χ4v) is 4.83. The van der Waals surface area contributed by atoms with E-state index in [4.69, 9.17) is 0 Å². The summed E-state index contributed by atoms with van der Waals surface area (Å²) in [5.41, 5.74) is -5.25. The SMILES string of the molecule is O=C(Nc1ccc(CC2CCCC2C(=O)O)cc1C(F)(F)F)c1c[nH]c2cccc(C(F)(F)F)c2c1=O. The summed E-state index contributed by atoms with van der Waals surface area (Å²) >= 11 is 0. The highest BCUT2D eigenvalue weighted by atomic mass is 19.4. The molecule has 3 aromatic rings. The van der Waals surface area contributed by atoms with E-state index in [1.54, 1.807) is 0 Å². The number of carboxylic acids is 1. The Morgan fingerprint density at radius 2 is 1.70 bits per heavy atom. The minimum Gasteiger partial charge on any atom is -0.481 e. The number of rotatable bonds is 5. The minimum absolute atomic E-state index is 0.0961. The van der Waals surface area contributed by atoms with Gasteiger partial charge in [0, 0.05) is 11.7 Å². The Labute approximate surface area is 205 Å². The number of carboxylic acid groups (broad SMARTS) is 1. The molecule has 4 rings (SSSR count). The number of aliphatic carboxylic acids is 1. The van der Waals surface area contributed by atoms with Crippen LogP contribution < -0.4 is 10.7 Å². The number of hydrogen-bond donors (Lipinski definition) is 3. The highest BCUT2D eigenvalue weighted by molar-refractivity contribution is 6.06. The van der Waals surface area contributed by atoms with Crippen molar-refractivity contribution in [1.29, 1.82) is 0 Å². The summed E-state index contributed by atoms with van der Waals surface area (Å²) in [6.07, 6.45) is -7.23. The maximum absolute atomic E-state index is 13.8. The number of nitrogens with one attached hydrogen (secondary N) is 2. The van der Waals surface area contributed by atoms with Gasteiger partial charge < -0.3 is 15.4 Å². The van der Waals surface area contributed by atoms with Crippen molar-refractivity contribution in [3.05, 3.63) is 75.1 Å². The Bertz CT molecular complexity index is 1430. The largest absolute Gasteiger partial charge is 0.481 e. The van der Waals surface area contributed by atoms with Gasteiger partial charge in [0.1, 0.15) is 5.56 Å². The maximum atomic E-state index is 13.8. The van der Waals surface area contributed by atoms with Crippen molar-refractivity contribution in [3.8, 4) is 0 Å². The van der Waals surface area contributed by atoms with Crippen LogP contribution in [0.5, 0.6) is 0 Å². The van der Waals surface area contributed by atoms with Gasteiger partial charge >= 0.3 is 18.3 Å². The van der Waals surface area contributed by atoms with Gasteiger partial charge in [-0.15, -0.1) is 0 Å². The van der Waals surface area contributed by atoms with Crippen molar-refractivity contribution in [1.82, 2.24) is 4.98 Å². The fourth-order valence-electron chi connectivity index (χ4n) is 4.83. The van der Waals surface area contributed by atoms with E-state index in [2.05, 4.69) is 4.98 Å². The molecular weight excluding hydrogens is 506 g/mol. The molecule has 1 heterocycles. The highest BCUT2D eigenvalue weighted by Crippen LogP contribution is 2.39. The number of aromatic amines is 1. The van der Waals surface area contributed by atoms with Gasteiger partial charge in [-0.3, -0.25) is 14.4 Å². The van der Waals surface area contributed by atoms with Crippen molar-refractivity contribution in [2.75, 3.05) is 5.32 Å². The Morgan fingerprint density at radius 1 is 1.00 bits per heavy atom. The molecule has 37 heavy (non-hydrogen) atoms. The lowest BCUT2D eigenvalue weighted by molar-refractivity contribution is -0.143. The predicted octanol–water partition coefficient (Wildman–Crippen LogP) is 5.86. The second-order valence-corrected chi connectivity index (χ2v) is 8.93. The van der Waals surface area contributed by atoms with Gasteiger partial charge in [0.15, 0.2) is 0 Å². The van der Waals surface area contributed by atoms with Gasteiger partial charge in [-0.1, -0.05) is 18.6 Å². The number of fused-ring (bicyclic) bond motifs is 1. The number of anilines is 1. The first-order valence-electron chi connectivity index (χ1n) is 11.2. The number of aromatic nitrogens is 1. The summed E-state index contributed by atoms with van der Waals surface area (Å²) in [4.78, 5) is 39.4. The van der Waals surface area contributed by atoms with Crippen LogP contribution in [0.15, 0.2) is 47.4 Å². The second kappa shape index (κ2) is 9.56. The van der Waals surface area contributed by atoms with Crippen molar-refractivity contribution in [3.63, 3.8) is 0 Å². The molecule has 0 saturated heterocycles. The van der Waals surface area contributed by atoms with Gasteiger partial charge in [-0.05, 0) is 55.0 Å². The standard InChI is InChI=1S/C25H20F6N2O4/c26-24(27,28)16-5-2-6-19-20(16)21(34)15(11-32-19)22(35)33-18-8-7-12(10-17(18)25(29,30)31)9-13-3-1-4-14(13)23(36)37/h2,5-8,10-11,13-14H,1,3-4,9H2,(H,32,34)(H,33,35)(H,36,37). The zero-order valence-corrected chi connectivity index (χ0v) is 19.0. The molecule has 1 aromatic heterocycles. The van der Waals surface area contributed by atoms with E-state index < -0.39 is 63.3 Å². The number of benzene rings is 2. The van der Waals surface area contributed by atoms with Crippen LogP contribution in [-0.4, -0.2) is 22.0 Å². The normalized spacial score (nSPS) is 18.2. The van der Waals surface area contributed by atoms with Gasteiger partial charge in [0.2, 0.25) is 5.43 Å². The van der Waals surface area contributed by atoms with Crippen molar-refractivity contribution in [2.45, 2.75) is 38.0 Å². The van der Waals surface area contributed by atoms with E-state index >= 15 is 0 Å².